The van der Waals surface area contributed by atoms with Crippen LogP contribution in [-0.2, 0) is 19.6 Å². The minimum Gasteiger partial charge on any atom is -0.449 e. The molecule has 1 heterocycles. The van der Waals surface area contributed by atoms with Crippen molar-refractivity contribution in [1.82, 2.24) is 4.98 Å². The van der Waals surface area contributed by atoms with Crippen LogP contribution in [0.3, 0.4) is 0 Å². The van der Waals surface area contributed by atoms with Gasteiger partial charge in [-0.15, -0.1) is 0 Å². The van der Waals surface area contributed by atoms with E-state index < -0.39 is 28.0 Å². The number of carbonyl (C=O) groups excluding carboxylic acids is 2. The third-order valence-corrected chi connectivity index (χ3v) is 4.86. The van der Waals surface area contributed by atoms with Crippen LogP contribution in [-0.4, -0.2) is 31.4 Å². The number of aromatic nitrogens is 1. The highest BCUT2D eigenvalue weighted by Crippen LogP contribution is 2.17. The van der Waals surface area contributed by atoms with Crippen LogP contribution in [0.4, 0.5) is 5.69 Å². The maximum Gasteiger partial charge on any atom is 0.339 e. The molecule has 28 heavy (non-hydrogen) atoms. The number of esters is 1. The normalized spacial score (nSPS) is 12.5. The van der Waals surface area contributed by atoms with Gasteiger partial charge in [0.15, 0.2) is 18.1 Å². The molecule has 0 radical (unpaired) electrons. The van der Waals surface area contributed by atoms with Gasteiger partial charge in [-0.3, -0.25) is 4.79 Å². The fourth-order valence-corrected chi connectivity index (χ4v) is 2.97. The number of fused-ring (bicyclic) bond motifs is 1. The predicted molar refractivity (Wildman–Crippen MR) is 99.9 cm³/mol. The Morgan fingerprint density at radius 1 is 1.21 bits per heavy atom. The molecule has 1 aromatic heterocycles. The van der Waals surface area contributed by atoms with Crippen molar-refractivity contribution in [2.75, 3.05) is 5.32 Å². The first kappa shape index (κ1) is 19.5. The summed E-state index contributed by atoms with van der Waals surface area (Å²) in [7, 11) is -3.82. The van der Waals surface area contributed by atoms with Crippen LogP contribution in [0.25, 0.3) is 11.1 Å². The second-order valence-corrected chi connectivity index (χ2v) is 7.46. The number of nitrogens with one attached hydrogen (secondary N) is 1. The average molecular weight is 403 g/mol. The number of nitrogens with two attached hydrogens (primary N) is 1. The lowest BCUT2D eigenvalue weighted by Gasteiger charge is -2.16. The van der Waals surface area contributed by atoms with E-state index in [1.54, 1.807) is 13.0 Å². The molecule has 0 aliphatic rings. The zero-order valence-corrected chi connectivity index (χ0v) is 15.6. The van der Waals surface area contributed by atoms with Gasteiger partial charge in [0.1, 0.15) is 5.52 Å². The second-order valence-electron chi connectivity index (χ2n) is 5.90. The Hall–Kier alpha value is -3.24. The predicted octanol–water partition coefficient (Wildman–Crippen LogP) is 2.05. The fraction of sp³-hybridized carbons (Fsp3) is 0.167. The molecule has 10 heteroatoms. The minimum absolute atomic E-state index is 0.0771. The van der Waals surface area contributed by atoms with Crippen molar-refractivity contribution in [1.29, 1.82) is 0 Å². The standard InChI is InChI=1S/C18H17N3O6S/c1-2-15(17(22)21-12-4-6-13(7-5-12)28(19,24)25)27-18(23)11-3-8-14-16(9-11)26-10-20-14/h3-10,15H,2H2,1H3,(H,21,22)(H2,19,24,25). The Bertz CT molecular complexity index is 1120. The SMILES string of the molecule is CCC(OC(=O)c1ccc2ncoc2c1)C(=O)Nc1ccc(S(N)(=O)=O)cc1. The lowest BCUT2D eigenvalue weighted by Crippen LogP contribution is -2.32. The molecule has 1 amide bonds. The Balaban J connectivity index is 1.68. The van der Waals surface area contributed by atoms with E-state index in [1.807, 2.05) is 0 Å². The van der Waals surface area contributed by atoms with Crippen molar-refractivity contribution >= 4 is 38.7 Å². The number of carbonyl (C=O) groups is 2. The number of oxazole rings is 1. The number of hydrogen-bond donors (Lipinski definition) is 2. The molecule has 3 aromatic rings. The summed E-state index contributed by atoms with van der Waals surface area (Å²) in [4.78, 5) is 28.6. The molecule has 0 spiro atoms. The average Bonchev–Trinajstić information content (AvgIpc) is 3.13. The smallest absolute Gasteiger partial charge is 0.339 e. The van der Waals surface area contributed by atoms with E-state index in [-0.39, 0.29) is 16.9 Å². The number of rotatable bonds is 6. The first-order chi connectivity index (χ1) is 13.3. The van der Waals surface area contributed by atoms with Crippen molar-refractivity contribution in [2.45, 2.75) is 24.3 Å². The third-order valence-electron chi connectivity index (χ3n) is 3.93. The highest BCUT2D eigenvalue weighted by molar-refractivity contribution is 7.89. The van der Waals surface area contributed by atoms with Gasteiger partial charge in [-0.05, 0) is 48.9 Å². The number of nitrogens with zero attached hydrogens (tertiary/aromatic N) is 1. The number of hydrogen-bond acceptors (Lipinski definition) is 7. The number of ether oxygens (including phenoxy) is 1. The second kappa shape index (κ2) is 7.79. The molecule has 3 N–H and O–H groups in total. The van der Waals surface area contributed by atoms with Gasteiger partial charge in [0.25, 0.3) is 5.91 Å². The Kier molecular flexibility index (Phi) is 5.43. The van der Waals surface area contributed by atoms with Gasteiger partial charge in [-0.1, -0.05) is 6.92 Å². The van der Waals surface area contributed by atoms with Gasteiger partial charge in [0.2, 0.25) is 10.0 Å². The monoisotopic (exact) mass is 403 g/mol. The van der Waals surface area contributed by atoms with Crippen molar-refractivity contribution in [3.05, 3.63) is 54.4 Å². The Morgan fingerprint density at radius 2 is 1.93 bits per heavy atom. The summed E-state index contributed by atoms with van der Waals surface area (Å²) in [6.07, 6.45) is 0.483. The van der Waals surface area contributed by atoms with Gasteiger partial charge in [0, 0.05) is 5.69 Å². The summed E-state index contributed by atoms with van der Waals surface area (Å²) < 4.78 is 33.0. The van der Waals surface area contributed by atoms with Crippen LogP contribution in [0.15, 0.2) is 58.2 Å². The lowest BCUT2D eigenvalue weighted by molar-refractivity contribution is -0.124. The van der Waals surface area contributed by atoms with Crippen molar-refractivity contribution in [2.24, 2.45) is 5.14 Å². The number of amides is 1. The zero-order valence-electron chi connectivity index (χ0n) is 14.8. The first-order valence-corrected chi connectivity index (χ1v) is 9.80. The van der Waals surface area contributed by atoms with Crippen molar-refractivity contribution in [3.8, 4) is 0 Å². The molecule has 1 atom stereocenters. The van der Waals surface area contributed by atoms with Crippen LogP contribution in [0.1, 0.15) is 23.7 Å². The molecule has 2 aromatic carbocycles. The van der Waals surface area contributed by atoms with E-state index in [1.165, 1.54) is 42.8 Å². The van der Waals surface area contributed by atoms with E-state index in [0.29, 0.717) is 16.8 Å². The van der Waals surface area contributed by atoms with Gasteiger partial charge < -0.3 is 14.5 Å². The van der Waals surface area contributed by atoms with E-state index in [9.17, 15) is 18.0 Å². The maximum absolute atomic E-state index is 12.4. The van der Waals surface area contributed by atoms with Gasteiger partial charge in [-0.25, -0.2) is 23.3 Å². The van der Waals surface area contributed by atoms with E-state index in [0.717, 1.165) is 0 Å². The van der Waals surface area contributed by atoms with Gasteiger partial charge in [0.05, 0.1) is 10.5 Å². The van der Waals surface area contributed by atoms with Crippen LogP contribution in [0.5, 0.6) is 0 Å². The Labute approximate surface area is 160 Å². The molecule has 0 fully saturated rings. The highest BCUT2D eigenvalue weighted by Gasteiger charge is 2.22. The van der Waals surface area contributed by atoms with Crippen molar-refractivity contribution < 1.29 is 27.2 Å². The molecule has 0 bridgehead atoms. The molecule has 0 saturated carbocycles. The molecule has 9 nitrogen and oxygen atoms in total. The largest absolute Gasteiger partial charge is 0.449 e. The van der Waals surface area contributed by atoms with Crippen LogP contribution < -0.4 is 10.5 Å². The molecule has 0 saturated heterocycles. The van der Waals surface area contributed by atoms with Crippen molar-refractivity contribution in [3.63, 3.8) is 0 Å². The number of sulfonamides is 1. The minimum atomic E-state index is -3.82. The lowest BCUT2D eigenvalue weighted by atomic mass is 10.2. The molecule has 3 rings (SSSR count). The highest BCUT2D eigenvalue weighted by atomic mass is 32.2. The number of anilines is 1. The molecule has 1 unspecified atom stereocenters. The topological polar surface area (TPSA) is 142 Å². The Morgan fingerprint density at radius 3 is 2.57 bits per heavy atom. The van der Waals surface area contributed by atoms with Gasteiger partial charge in [-0.2, -0.15) is 0 Å². The molecular weight excluding hydrogens is 386 g/mol. The van der Waals surface area contributed by atoms with Crippen LogP contribution in [0, 0.1) is 0 Å². The van der Waals surface area contributed by atoms with Crippen LogP contribution in [0.2, 0.25) is 0 Å². The molecule has 0 aliphatic carbocycles. The summed E-state index contributed by atoms with van der Waals surface area (Å²) >= 11 is 0. The summed E-state index contributed by atoms with van der Waals surface area (Å²) in [5.74, 6) is -1.22. The molecular formula is C18H17N3O6S. The summed E-state index contributed by atoms with van der Waals surface area (Å²) in [5.41, 5.74) is 1.61. The summed E-state index contributed by atoms with van der Waals surface area (Å²) in [6, 6.07) is 9.96. The molecule has 146 valence electrons. The summed E-state index contributed by atoms with van der Waals surface area (Å²) in [6.45, 7) is 1.70. The van der Waals surface area contributed by atoms with Gasteiger partial charge >= 0.3 is 5.97 Å². The number of benzene rings is 2. The number of primary sulfonamides is 1. The zero-order chi connectivity index (χ0) is 20.3. The first-order valence-electron chi connectivity index (χ1n) is 8.26. The fourth-order valence-electron chi connectivity index (χ4n) is 2.45. The van der Waals surface area contributed by atoms with E-state index in [2.05, 4.69) is 10.3 Å². The van der Waals surface area contributed by atoms with E-state index >= 15 is 0 Å². The quantitative estimate of drug-likeness (QED) is 0.600. The maximum atomic E-state index is 12.4. The summed E-state index contributed by atoms with van der Waals surface area (Å²) in [5, 5.41) is 7.61. The third kappa shape index (κ3) is 4.35. The molecule has 0 aliphatic heterocycles. The van der Waals surface area contributed by atoms with E-state index in [4.69, 9.17) is 14.3 Å². The van der Waals surface area contributed by atoms with Crippen LogP contribution >= 0.6 is 0 Å².